The number of carbonyl (C=O) groups is 1. The van der Waals surface area contributed by atoms with Gasteiger partial charge in [0.25, 0.3) is 0 Å². The van der Waals surface area contributed by atoms with Crippen LogP contribution in [0.25, 0.3) is 0 Å². The van der Waals surface area contributed by atoms with E-state index >= 15 is 0 Å². The first-order valence-electron chi connectivity index (χ1n) is 5.82. The number of nitrogens with one attached hydrogen (secondary N) is 2. The molecule has 0 aromatic heterocycles. The maximum absolute atomic E-state index is 11.3. The first-order chi connectivity index (χ1) is 8.31. The van der Waals surface area contributed by atoms with E-state index in [2.05, 4.69) is 28.8 Å². The highest BCUT2D eigenvalue weighted by atomic mass is 32.2. The molecule has 17 heavy (non-hydrogen) atoms. The van der Waals surface area contributed by atoms with Gasteiger partial charge in [0, 0.05) is 35.9 Å². The van der Waals surface area contributed by atoms with Crippen molar-refractivity contribution in [3.63, 3.8) is 0 Å². The van der Waals surface area contributed by atoms with Crippen LogP contribution in [0.15, 0.2) is 34.9 Å². The third-order valence-electron chi connectivity index (χ3n) is 2.98. The molecule has 0 saturated carbocycles. The van der Waals surface area contributed by atoms with Gasteiger partial charge in [-0.05, 0) is 31.0 Å². The Morgan fingerprint density at radius 3 is 3.18 bits per heavy atom. The molecule has 1 aliphatic carbocycles. The predicted molar refractivity (Wildman–Crippen MR) is 73.5 cm³/mol. The molecule has 1 aliphatic heterocycles. The number of benzene rings is 1. The molecule has 2 aliphatic rings. The average molecular weight is 248 g/mol. The number of hydrogen-bond donors (Lipinski definition) is 2. The Labute approximate surface area is 106 Å². The molecule has 0 amide bonds. The number of hydrogen-bond acceptors (Lipinski definition) is 4. The Kier molecular flexibility index (Phi) is 2.81. The number of ketones is 1. The zero-order valence-corrected chi connectivity index (χ0v) is 10.3. The highest BCUT2D eigenvalue weighted by Crippen LogP contribution is 2.35. The van der Waals surface area contributed by atoms with Crippen LogP contribution in [0.3, 0.4) is 0 Å². The van der Waals surface area contributed by atoms with E-state index < -0.39 is 0 Å². The van der Waals surface area contributed by atoms with Crippen LogP contribution in [0.4, 0.5) is 11.4 Å². The third kappa shape index (κ3) is 2.31. The van der Waals surface area contributed by atoms with Crippen LogP contribution in [0.1, 0.15) is 20.7 Å². The van der Waals surface area contributed by atoms with Crippen LogP contribution >= 0.6 is 11.8 Å². The van der Waals surface area contributed by atoms with Gasteiger partial charge in [0.2, 0.25) is 0 Å². The Morgan fingerprint density at radius 1 is 1.35 bits per heavy atom. The van der Waals surface area contributed by atoms with Crippen molar-refractivity contribution in [3.8, 4) is 0 Å². The van der Waals surface area contributed by atoms with Crippen molar-refractivity contribution < 1.29 is 6.22 Å². The van der Waals surface area contributed by atoms with Gasteiger partial charge in [-0.2, -0.15) is 0 Å². The monoisotopic (exact) mass is 248 g/mol. The summed E-state index contributed by atoms with van der Waals surface area (Å²) in [4.78, 5) is 12.6. The summed E-state index contributed by atoms with van der Waals surface area (Å²) >= 11 is 1.81. The summed E-state index contributed by atoms with van der Waals surface area (Å²) in [6.07, 6.45) is 4.35. The van der Waals surface area contributed by atoms with Crippen LogP contribution in [-0.4, -0.2) is 11.7 Å². The lowest BCUT2D eigenvalue weighted by Crippen LogP contribution is -2.09. The lowest BCUT2D eigenvalue weighted by atomic mass is 10.0. The molecule has 0 radical (unpaired) electrons. The SMILES string of the molecule is O=C1C=C(Nc2ccc3c(c2)SCN3)CCC1.[HH]. The summed E-state index contributed by atoms with van der Waals surface area (Å²) in [5, 5.41) is 6.64. The molecule has 1 aromatic rings. The summed E-state index contributed by atoms with van der Waals surface area (Å²) in [7, 11) is 0. The fraction of sp³-hybridized carbons (Fsp3) is 0.308. The van der Waals surface area contributed by atoms with Crippen molar-refractivity contribution in [2.75, 3.05) is 16.5 Å². The van der Waals surface area contributed by atoms with Gasteiger partial charge in [-0.1, -0.05) is 0 Å². The first-order valence-corrected chi connectivity index (χ1v) is 6.81. The summed E-state index contributed by atoms with van der Waals surface area (Å²) in [5.41, 5.74) is 3.31. The summed E-state index contributed by atoms with van der Waals surface area (Å²) in [6.45, 7) is 0. The van der Waals surface area contributed by atoms with E-state index in [4.69, 9.17) is 0 Å². The number of thioether (sulfide) groups is 1. The van der Waals surface area contributed by atoms with E-state index in [0.29, 0.717) is 6.42 Å². The smallest absolute Gasteiger partial charge is 0.157 e. The quantitative estimate of drug-likeness (QED) is 0.841. The lowest BCUT2D eigenvalue weighted by molar-refractivity contribution is -0.115. The van der Waals surface area contributed by atoms with Crippen LogP contribution in [-0.2, 0) is 4.79 Å². The Hall–Kier alpha value is -1.42. The number of anilines is 2. The van der Waals surface area contributed by atoms with E-state index in [0.717, 1.165) is 30.1 Å². The maximum Gasteiger partial charge on any atom is 0.157 e. The van der Waals surface area contributed by atoms with Gasteiger partial charge in [0.15, 0.2) is 5.78 Å². The molecule has 0 atom stereocenters. The molecule has 1 heterocycles. The summed E-state index contributed by atoms with van der Waals surface area (Å²) in [6, 6.07) is 6.28. The van der Waals surface area contributed by atoms with Gasteiger partial charge in [-0.15, -0.1) is 11.8 Å². The van der Waals surface area contributed by atoms with Crippen molar-refractivity contribution in [2.24, 2.45) is 0 Å². The highest BCUT2D eigenvalue weighted by molar-refractivity contribution is 7.99. The topological polar surface area (TPSA) is 41.1 Å². The summed E-state index contributed by atoms with van der Waals surface area (Å²) in [5.74, 6) is 1.18. The minimum absolute atomic E-state index is 0. The Balaban J connectivity index is 0.00000120. The van der Waals surface area contributed by atoms with Crippen LogP contribution in [0, 0.1) is 0 Å². The molecule has 0 unspecified atom stereocenters. The number of fused-ring (bicyclic) bond motifs is 1. The fourth-order valence-electron chi connectivity index (χ4n) is 2.13. The van der Waals surface area contributed by atoms with Crippen molar-refractivity contribution in [1.29, 1.82) is 0 Å². The van der Waals surface area contributed by atoms with Crippen molar-refractivity contribution in [2.45, 2.75) is 24.2 Å². The van der Waals surface area contributed by atoms with E-state index in [1.54, 1.807) is 6.08 Å². The largest absolute Gasteiger partial charge is 0.375 e. The van der Waals surface area contributed by atoms with E-state index in [1.807, 2.05) is 11.8 Å². The van der Waals surface area contributed by atoms with Gasteiger partial charge < -0.3 is 10.6 Å². The van der Waals surface area contributed by atoms with Gasteiger partial charge in [-0.3, -0.25) is 4.79 Å². The number of carbonyl (C=O) groups excluding carboxylic acids is 1. The lowest BCUT2D eigenvalue weighted by Gasteiger charge is -2.14. The molecular formula is C13H16N2OS. The standard InChI is InChI=1S/C13H14N2OS.H2/c16-11-3-1-2-9(6-11)15-10-4-5-12-13(7-10)17-8-14-12;/h4-7,14-15H,1-3,8H2;1H. The van der Waals surface area contributed by atoms with Gasteiger partial charge in [0.1, 0.15) is 0 Å². The van der Waals surface area contributed by atoms with Crippen molar-refractivity contribution in [1.82, 2.24) is 0 Å². The molecule has 1 aromatic carbocycles. The second-order valence-electron chi connectivity index (χ2n) is 4.29. The van der Waals surface area contributed by atoms with Gasteiger partial charge >= 0.3 is 0 Å². The van der Waals surface area contributed by atoms with Crippen LogP contribution in [0.2, 0.25) is 0 Å². The van der Waals surface area contributed by atoms with Crippen LogP contribution < -0.4 is 10.6 Å². The molecule has 2 N–H and O–H groups in total. The molecule has 3 nitrogen and oxygen atoms in total. The zero-order valence-electron chi connectivity index (χ0n) is 9.45. The van der Waals surface area contributed by atoms with Gasteiger partial charge in [0.05, 0.1) is 5.88 Å². The van der Waals surface area contributed by atoms with E-state index in [9.17, 15) is 4.79 Å². The third-order valence-corrected chi connectivity index (χ3v) is 3.92. The molecule has 0 bridgehead atoms. The highest BCUT2D eigenvalue weighted by Gasteiger charge is 2.13. The van der Waals surface area contributed by atoms with E-state index in [1.165, 1.54) is 10.6 Å². The Bertz CT molecular complexity index is 502. The second kappa shape index (κ2) is 4.45. The molecule has 0 saturated heterocycles. The molecule has 0 spiro atoms. The Morgan fingerprint density at radius 2 is 2.29 bits per heavy atom. The molecule has 0 fully saturated rings. The number of allylic oxidation sites excluding steroid dienone is 2. The molecule has 90 valence electrons. The fourth-order valence-corrected chi connectivity index (χ4v) is 3.02. The normalized spacial score (nSPS) is 18.4. The minimum atomic E-state index is 0. The zero-order chi connectivity index (χ0) is 11.7. The van der Waals surface area contributed by atoms with E-state index in [-0.39, 0.29) is 7.21 Å². The first kappa shape index (κ1) is 10.7. The molecule has 3 rings (SSSR count). The molecule has 4 heteroatoms. The van der Waals surface area contributed by atoms with Crippen molar-refractivity contribution in [3.05, 3.63) is 30.0 Å². The predicted octanol–water partition coefficient (Wildman–Crippen LogP) is 3.46. The van der Waals surface area contributed by atoms with Gasteiger partial charge in [-0.25, -0.2) is 0 Å². The maximum atomic E-state index is 11.3. The van der Waals surface area contributed by atoms with Crippen LogP contribution in [0.5, 0.6) is 0 Å². The second-order valence-corrected chi connectivity index (χ2v) is 5.31. The number of rotatable bonds is 2. The minimum Gasteiger partial charge on any atom is -0.375 e. The average Bonchev–Trinajstić information content (AvgIpc) is 2.76. The molecular weight excluding hydrogens is 232 g/mol. The van der Waals surface area contributed by atoms with Crippen molar-refractivity contribution >= 4 is 28.9 Å². The summed E-state index contributed by atoms with van der Waals surface area (Å²) < 4.78 is 0.